The van der Waals surface area contributed by atoms with Gasteiger partial charge in [-0.2, -0.15) is 0 Å². The molecule has 230 valence electrons. The zero-order valence-electron chi connectivity index (χ0n) is 27.1. The second-order valence-electron chi connectivity index (χ2n) is 13.3. The number of fused-ring (bicyclic) bond motifs is 12. The van der Waals surface area contributed by atoms with Crippen LogP contribution in [0.25, 0.3) is 65.7 Å². The van der Waals surface area contributed by atoms with Crippen LogP contribution in [0.15, 0.2) is 156 Å². The van der Waals surface area contributed by atoms with E-state index in [1.165, 1.54) is 93.5 Å². The van der Waals surface area contributed by atoms with Crippen LogP contribution < -0.4 is 0 Å². The summed E-state index contributed by atoms with van der Waals surface area (Å²) >= 11 is 0. The van der Waals surface area contributed by atoms with E-state index in [0.717, 1.165) is 18.4 Å². The molecule has 0 aliphatic heterocycles. The van der Waals surface area contributed by atoms with E-state index in [9.17, 15) is 0 Å². The molecular weight excluding hydrogens is 593 g/mol. The molecule has 0 aromatic heterocycles. The maximum absolute atomic E-state index is 5.00. The van der Waals surface area contributed by atoms with Crippen molar-refractivity contribution in [3.8, 4) is 33.4 Å². The number of aliphatic imine (C=N–C) groups is 2. The fraction of sp³-hybridized carbons (Fsp3) is 0.0638. The zero-order valence-corrected chi connectivity index (χ0v) is 27.1. The number of hydrogen-bond acceptors (Lipinski definition) is 1. The molecule has 0 unspecified atom stereocenters. The summed E-state index contributed by atoms with van der Waals surface area (Å²) in [5.74, 6) is 0.698. The van der Waals surface area contributed by atoms with Gasteiger partial charge in [0.05, 0.1) is 6.54 Å². The standard InChI is InChI=1S/C47H32N2/c1-48-47(49-28-34-10-8-16-38-36-11-3-2-9-31(36)27-45(34)38)33-20-21-37-35(24-33)23-32-18-17-29(25-44(32)37)30-19-22-43-41-14-5-4-12-39(41)40-13-6-7-15-42(40)46(43)26-30/h2-22,24-26H,1,23,27-28H2. The van der Waals surface area contributed by atoms with Crippen molar-refractivity contribution >= 4 is 44.9 Å². The van der Waals surface area contributed by atoms with Gasteiger partial charge >= 0.3 is 0 Å². The van der Waals surface area contributed by atoms with Gasteiger partial charge in [-0.25, -0.2) is 4.99 Å². The lowest BCUT2D eigenvalue weighted by atomic mass is 9.91. The molecule has 0 heterocycles. The van der Waals surface area contributed by atoms with E-state index in [0.29, 0.717) is 12.4 Å². The van der Waals surface area contributed by atoms with Crippen molar-refractivity contribution in [1.82, 2.24) is 0 Å². The Balaban J connectivity index is 0.981. The Morgan fingerprint density at radius 3 is 1.90 bits per heavy atom. The fourth-order valence-corrected chi connectivity index (χ4v) is 8.36. The number of hydrogen-bond donors (Lipinski definition) is 0. The fourth-order valence-electron chi connectivity index (χ4n) is 8.36. The lowest BCUT2D eigenvalue weighted by molar-refractivity contribution is 1.03. The lowest BCUT2D eigenvalue weighted by Gasteiger charge is -2.12. The van der Waals surface area contributed by atoms with Crippen molar-refractivity contribution in [3.63, 3.8) is 0 Å². The minimum absolute atomic E-state index is 0.586. The van der Waals surface area contributed by atoms with E-state index in [4.69, 9.17) is 4.99 Å². The molecule has 0 N–H and O–H groups in total. The van der Waals surface area contributed by atoms with Gasteiger partial charge in [0.2, 0.25) is 0 Å². The van der Waals surface area contributed by atoms with Crippen molar-refractivity contribution in [3.05, 3.63) is 179 Å². The van der Waals surface area contributed by atoms with Crippen molar-refractivity contribution in [2.75, 3.05) is 0 Å². The first-order valence-electron chi connectivity index (χ1n) is 17.0. The third-order valence-electron chi connectivity index (χ3n) is 10.7. The van der Waals surface area contributed by atoms with Crippen LogP contribution in [0.2, 0.25) is 0 Å². The molecular formula is C47H32N2. The maximum Gasteiger partial charge on any atom is 0.154 e. The van der Waals surface area contributed by atoms with Crippen molar-refractivity contribution in [2.45, 2.75) is 19.4 Å². The Morgan fingerprint density at radius 2 is 1.10 bits per heavy atom. The molecule has 0 saturated carbocycles. The smallest absolute Gasteiger partial charge is 0.154 e. The molecule has 49 heavy (non-hydrogen) atoms. The molecule has 10 rings (SSSR count). The van der Waals surface area contributed by atoms with Crippen LogP contribution in [-0.2, 0) is 19.4 Å². The van der Waals surface area contributed by atoms with E-state index in [2.05, 4.69) is 157 Å². The normalized spacial score (nSPS) is 13.0. The van der Waals surface area contributed by atoms with Crippen molar-refractivity contribution < 1.29 is 0 Å². The van der Waals surface area contributed by atoms with Gasteiger partial charge in [-0.15, -0.1) is 0 Å². The highest BCUT2D eigenvalue weighted by atomic mass is 14.9. The van der Waals surface area contributed by atoms with Crippen LogP contribution in [0.3, 0.4) is 0 Å². The molecule has 2 aliphatic carbocycles. The molecule has 0 radical (unpaired) electrons. The van der Waals surface area contributed by atoms with Gasteiger partial charge in [0.15, 0.2) is 5.84 Å². The number of amidine groups is 1. The van der Waals surface area contributed by atoms with E-state index in [1.807, 2.05) is 0 Å². The van der Waals surface area contributed by atoms with Crippen LogP contribution in [0, 0.1) is 0 Å². The molecule has 2 heteroatoms. The van der Waals surface area contributed by atoms with Gasteiger partial charge in [-0.1, -0.05) is 127 Å². The topological polar surface area (TPSA) is 24.7 Å². The minimum Gasteiger partial charge on any atom is -0.261 e. The third kappa shape index (κ3) is 4.41. The van der Waals surface area contributed by atoms with E-state index >= 15 is 0 Å². The molecule has 2 aliphatic rings. The summed E-state index contributed by atoms with van der Waals surface area (Å²) in [4.78, 5) is 9.40. The van der Waals surface area contributed by atoms with Gasteiger partial charge in [0.25, 0.3) is 0 Å². The van der Waals surface area contributed by atoms with Gasteiger partial charge < -0.3 is 0 Å². The second-order valence-corrected chi connectivity index (χ2v) is 13.3. The first-order valence-corrected chi connectivity index (χ1v) is 17.0. The average Bonchev–Trinajstić information content (AvgIpc) is 3.73. The summed E-state index contributed by atoms with van der Waals surface area (Å²) in [5.41, 5.74) is 15.5. The van der Waals surface area contributed by atoms with Gasteiger partial charge in [-0.3, -0.25) is 4.99 Å². The number of nitrogens with zero attached hydrogens (tertiary/aromatic N) is 2. The van der Waals surface area contributed by atoms with Crippen LogP contribution in [-0.4, -0.2) is 12.6 Å². The van der Waals surface area contributed by atoms with Gasteiger partial charge in [0.1, 0.15) is 0 Å². The summed E-state index contributed by atoms with van der Waals surface area (Å²) in [6, 6.07) is 53.4. The third-order valence-corrected chi connectivity index (χ3v) is 10.7. The quantitative estimate of drug-likeness (QED) is 0.106. The predicted molar refractivity (Wildman–Crippen MR) is 207 cm³/mol. The van der Waals surface area contributed by atoms with Crippen LogP contribution in [0.1, 0.15) is 33.4 Å². The monoisotopic (exact) mass is 624 g/mol. The Bertz CT molecular complexity index is 2680. The summed E-state index contributed by atoms with van der Waals surface area (Å²) in [6.07, 6.45) is 1.86. The molecule has 8 aromatic carbocycles. The Labute approximate surface area is 285 Å². The Morgan fingerprint density at radius 1 is 0.469 bits per heavy atom. The zero-order chi connectivity index (χ0) is 32.5. The van der Waals surface area contributed by atoms with Crippen LogP contribution >= 0.6 is 0 Å². The van der Waals surface area contributed by atoms with Crippen molar-refractivity contribution in [2.24, 2.45) is 9.98 Å². The molecule has 0 amide bonds. The summed E-state index contributed by atoms with van der Waals surface area (Å²) < 4.78 is 0. The lowest BCUT2D eigenvalue weighted by Crippen LogP contribution is -2.00. The first-order chi connectivity index (χ1) is 24.2. The molecule has 0 atom stereocenters. The average molecular weight is 625 g/mol. The van der Waals surface area contributed by atoms with Crippen LogP contribution in [0.4, 0.5) is 0 Å². The largest absolute Gasteiger partial charge is 0.261 e. The first kappa shape index (κ1) is 27.9. The van der Waals surface area contributed by atoms with E-state index < -0.39 is 0 Å². The molecule has 0 fully saturated rings. The summed E-state index contributed by atoms with van der Waals surface area (Å²) in [7, 11) is 0. The second kappa shape index (κ2) is 11.0. The molecule has 0 saturated heterocycles. The number of benzene rings is 8. The van der Waals surface area contributed by atoms with E-state index in [1.54, 1.807) is 0 Å². The minimum atomic E-state index is 0.586. The predicted octanol–water partition coefficient (Wildman–Crippen LogP) is 11.6. The highest BCUT2D eigenvalue weighted by Gasteiger charge is 2.22. The highest BCUT2D eigenvalue weighted by molar-refractivity contribution is 6.25. The van der Waals surface area contributed by atoms with Gasteiger partial charge in [0, 0.05) is 5.56 Å². The summed E-state index contributed by atoms with van der Waals surface area (Å²) in [5, 5.41) is 7.81. The molecule has 8 aromatic rings. The highest BCUT2D eigenvalue weighted by Crippen LogP contribution is 2.42. The summed E-state index contributed by atoms with van der Waals surface area (Å²) in [6.45, 7) is 4.50. The maximum atomic E-state index is 5.00. The molecule has 0 spiro atoms. The van der Waals surface area contributed by atoms with E-state index in [-0.39, 0.29) is 0 Å². The number of rotatable bonds is 4. The van der Waals surface area contributed by atoms with Crippen molar-refractivity contribution in [1.29, 1.82) is 0 Å². The van der Waals surface area contributed by atoms with Crippen LogP contribution in [0.5, 0.6) is 0 Å². The molecule has 2 nitrogen and oxygen atoms in total. The van der Waals surface area contributed by atoms with Gasteiger partial charge in [-0.05, 0) is 131 Å². The Kier molecular flexibility index (Phi) is 6.25. The SMILES string of the molecule is C=NC(=NCc1cccc2c1Cc1ccccc1-2)c1ccc2c(c1)Cc1ccc(-c3ccc4c5ccccc5c5ccccc5c4c3)cc1-2. The molecule has 0 bridgehead atoms. The Hall–Kier alpha value is -6.12.